The molecule has 274 valence electrons. The number of nitrogens with zero attached hydrogens (tertiary/aromatic N) is 3. The Hall–Kier alpha value is -3.96. The second-order valence-electron chi connectivity index (χ2n) is 14.7. The van der Waals surface area contributed by atoms with Crippen LogP contribution < -0.4 is 0 Å². The van der Waals surface area contributed by atoms with Crippen LogP contribution in [0.15, 0.2) is 30.3 Å². The highest BCUT2D eigenvalue weighted by molar-refractivity contribution is 5.94. The van der Waals surface area contributed by atoms with Gasteiger partial charge in [-0.25, -0.2) is 14.4 Å². The zero-order valence-electron chi connectivity index (χ0n) is 31.5. The van der Waals surface area contributed by atoms with Gasteiger partial charge in [-0.05, 0) is 35.2 Å². The summed E-state index contributed by atoms with van der Waals surface area (Å²) in [5.41, 5.74) is 0.733. The first kappa shape index (κ1) is 41.2. The van der Waals surface area contributed by atoms with E-state index in [1.165, 1.54) is 35.8 Å². The molecule has 1 aromatic carbocycles. The van der Waals surface area contributed by atoms with Gasteiger partial charge in [0.25, 0.3) is 17.7 Å². The molecule has 49 heavy (non-hydrogen) atoms. The van der Waals surface area contributed by atoms with E-state index < -0.39 is 102 Å². The number of amides is 3. The summed E-state index contributed by atoms with van der Waals surface area (Å²) in [6, 6.07) is 5.58. The number of hydrogen-bond acceptors (Lipinski definition) is 9. The first-order chi connectivity index (χ1) is 22.7. The molecule has 1 aliphatic heterocycles. The zero-order chi connectivity index (χ0) is 37.5. The molecule has 1 aromatic rings. The van der Waals surface area contributed by atoms with E-state index in [4.69, 9.17) is 14.2 Å². The Balaban J connectivity index is 2.80. The van der Waals surface area contributed by atoms with E-state index >= 15 is 0 Å². The molecular formula is C37H57N3O9. The van der Waals surface area contributed by atoms with Gasteiger partial charge in [0.2, 0.25) is 0 Å². The Morgan fingerprint density at radius 3 is 1.14 bits per heavy atom. The minimum absolute atomic E-state index is 0.0545. The minimum Gasteiger partial charge on any atom is -0.450 e. The molecule has 0 bridgehead atoms. The van der Waals surface area contributed by atoms with E-state index in [2.05, 4.69) is 0 Å². The summed E-state index contributed by atoms with van der Waals surface area (Å²) in [6.07, 6.45) is -3.86. The normalized spacial score (nSPS) is 26.0. The highest BCUT2D eigenvalue weighted by atomic mass is 16.6. The third-order valence-electron chi connectivity index (χ3n) is 8.91. The van der Waals surface area contributed by atoms with Crippen LogP contribution in [-0.2, 0) is 49.4 Å². The molecule has 2 rings (SSSR count). The fourth-order valence-electron chi connectivity index (χ4n) is 6.01. The van der Waals surface area contributed by atoms with Crippen molar-refractivity contribution in [1.82, 2.24) is 14.7 Å². The third kappa shape index (κ3) is 10.0. The second-order valence-corrected chi connectivity index (χ2v) is 14.7. The van der Waals surface area contributed by atoms with Crippen molar-refractivity contribution in [3.8, 4) is 0 Å². The molecular weight excluding hydrogens is 630 g/mol. The Bertz CT molecular complexity index is 1320. The lowest BCUT2D eigenvalue weighted by atomic mass is 9.98. The van der Waals surface area contributed by atoms with Crippen molar-refractivity contribution in [3.63, 3.8) is 0 Å². The number of ether oxygens (including phenoxy) is 3. The maximum absolute atomic E-state index is 14.1. The average molecular weight is 688 g/mol. The largest absolute Gasteiger partial charge is 0.450 e. The molecule has 0 aromatic heterocycles. The fourth-order valence-corrected chi connectivity index (χ4v) is 6.01. The molecule has 12 nitrogen and oxygen atoms in total. The van der Waals surface area contributed by atoms with Crippen LogP contribution in [0.4, 0.5) is 0 Å². The highest BCUT2D eigenvalue weighted by Gasteiger charge is 2.44. The maximum Gasteiger partial charge on any atom is 0.329 e. The molecule has 1 heterocycles. The maximum atomic E-state index is 14.1. The van der Waals surface area contributed by atoms with Crippen molar-refractivity contribution >= 4 is 35.6 Å². The Kier molecular flexibility index (Phi) is 14.8. The zero-order valence-corrected chi connectivity index (χ0v) is 31.5. The Labute approximate surface area is 291 Å². The summed E-state index contributed by atoms with van der Waals surface area (Å²) in [5, 5.41) is 0. The van der Waals surface area contributed by atoms with Gasteiger partial charge in [0.15, 0.2) is 18.3 Å². The monoisotopic (exact) mass is 687 g/mol. The van der Waals surface area contributed by atoms with Gasteiger partial charge < -0.3 is 28.9 Å². The number of esters is 3. The van der Waals surface area contributed by atoms with Gasteiger partial charge in [0.05, 0.1) is 0 Å². The quantitative estimate of drug-likeness (QED) is 0.310. The van der Waals surface area contributed by atoms with E-state index in [1.807, 2.05) is 6.07 Å². The van der Waals surface area contributed by atoms with Crippen LogP contribution >= 0.6 is 0 Å². The van der Waals surface area contributed by atoms with E-state index in [1.54, 1.807) is 93.5 Å². The molecule has 0 N–H and O–H groups in total. The summed E-state index contributed by atoms with van der Waals surface area (Å²) in [7, 11) is 4.30. The van der Waals surface area contributed by atoms with E-state index in [9.17, 15) is 28.8 Å². The van der Waals surface area contributed by atoms with Crippen molar-refractivity contribution in [3.05, 3.63) is 35.9 Å². The summed E-state index contributed by atoms with van der Waals surface area (Å²) < 4.78 is 17.6. The predicted octanol–water partition coefficient (Wildman–Crippen LogP) is 3.74. The van der Waals surface area contributed by atoms with E-state index in [0.717, 1.165) is 5.56 Å². The SMILES string of the molecule is CC(C)C1OC(=O)C(C(C)C)N(C)C(=O)C(C(C)C)OC(=O)C(C(C)C)N(C)C(=O)C(C(C)C)OC(=O)C(Cc2ccccc2)N(C)C1=O. The van der Waals surface area contributed by atoms with Crippen molar-refractivity contribution in [2.75, 3.05) is 21.1 Å². The Morgan fingerprint density at radius 1 is 0.490 bits per heavy atom. The number of benzene rings is 1. The molecule has 1 fully saturated rings. The van der Waals surface area contributed by atoms with Gasteiger partial charge >= 0.3 is 17.9 Å². The van der Waals surface area contributed by atoms with Crippen LogP contribution in [0.3, 0.4) is 0 Å². The summed E-state index contributed by atoms with van der Waals surface area (Å²) in [4.78, 5) is 87.5. The molecule has 6 unspecified atom stereocenters. The van der Waals surface area contributed by atoms with Crippen molar-refractivity contribution in [2.24, 2.45) is 29.6 Å². The molecule has 1 saturated heterocycles. The van der Waals surface area contributed by atoms with Crippen LogP contribution in [0.2, 0.25) is 0 Å². The standard InChI is InChI=1S/C37H57N3O9/c1-20(2)27-36(45)48-29(22(5)6)32(41)38(11)26(19-25-17-15-14-16-18-25)35(44)47-30(23(7)8)33(42)39(12)28(21(3)4)37(46)49-31(24(9)10)34(43)40(27)13/h14-18,20-24,26-31H,19H2,1-13H3. The van der Waals surface area contributed by atoms with Crippen LogP contribution in [-0.4, -0.2) is 108 Å². The molecule has 3 amide bonds. The van der Waals surface area contributed by atoms with Gasteiger partial charge in [-0.15, -0.1) is 0 Å². The van der Waals surface area contributed by atoms with Crippen LogP contribution in [0.25, 0.3) is 0 Å². The van der Waals surface area contributed by atoms with Gasteiger partial charge in [-0.1, -0.05) is 99.6 Å². The van der Waals surface area contributed by atoms with E-state index in [0.29, 0.717) is 0 Å². The van der Waals surface area contributed by atoms with Gasteiger partial charge in [-0.3, -0.25) is 14.4 Å². The van der Waals surface area contributed by atoms with Gasteiger partial charge in [0.1, 0.15) is 18.1 Å². The second kappa shape index (κ2) is 17.6. The average Bonchev–Trinajstić information content (AvgIpc) is 3.01. The number of hydrogen-bond donors (Lipinski definition) is 0. The van der Waals surface area contributed by atoms with Gasteiger partial charge in [-0.2, -0.15) is 0 Å². The molecule has 0 radical (unpaired) electrons. The number of rotatable bonds is 7. The van der Waals surface area contributed by atoms with Crippen LogP contribution in [0, 0.1) is 29.6 Å². The summed E-state index contributed by atoms with van der Waals surface area (Å²) in [6.45, 7) is 17.2. The van der Waals surface area contributed by atoms with Crippen molar-refractivity contribution in [1.29, 1.82) is 0 Å². The molecule has 0 spiro atoms. The topological polar surface area (TPSA) is 140 Å². The lowest BCUT2D eigenvalue weighted by molar-refractivity contribution is -0.181. The third-order valence-corrected chi connectivity index (χ3v) is 8.91. The smallest absolute Gasteiger partial charge is 0.329 e. The first-order valence-corrected chi connectivity index (χ1v) is 17.2. The highest BCUT2D eigenvalue weighted by Crippen LogP contribution is 2.24. The molecule has 12 heteroatoms. The molecule has 1 aliphatic rings. The van der Waals surface area contributed by atoms with Crippen molar-refractivity contribution in [2.45, 2.75) is 112 Å². The number of carbonyl (C=O) groups is 6. The summed E-state index contributed by atoms with van der Waals surface area (Å²) in [5.74, 6) is -6.76. The lowest BCUT2D eigenvalue weighted by Crippen LogP contribution is -2.57. The van der Waals surface area contributed by atoms with Crippen LogP contribution in [0.5, 0.6) is 0 Å². The number of carbonyl (C=O) groups excluding carboxylic acids is 6. The minimum atomic E-state index is -1.31. The lowest BCUT2D eigenvalue weighted by Gasteiger charge is -2.38. The predicted molar refractivity (Wildman–Crippen MR) is 184 cm³/mol. The summed E-state index contributed by atoms with van der Waals surface area (Å²) >= 11 is 0. The molecule has 6 atom stereocenters. The van der Waals surface area contributed by atoms with E-state index in [-0.39, 0.29) is 6.42 Å². The Morgan fingerprint density at radius 2 is 0.816 bits per heavy atom. The first-order valence-electron chi connectivity index (χ1n) is 17.2. The molecule has 0 aliphatic carbocycles. The number of likely N-dealkylation sites (N-methyl/N-ethyl adjacent to an activating group) is 3. The van der Waals surface area contributed by atoms with Crippen molar-refractivity contribution < 1.29 is 43.0 Å². The molecule has 0 saturated carbocycles. The fraction of sp³-hybridized carbons (Fsp3) is 0.676. The number of cyclic esters (lactones) is 3. The van der Waals surface area contributed by atoms with Crippen LogP contribution in [0.1, 0.15) is 74.8 Å². The van der Waals surface area contributed by atoms with Gasteiger partial charge in [0, 0.05) is 27.6 Å².